The van der Waals surface area contributed by atoms with Crippen LogP contribution in [0.3, 0.4) is 0 Å². The zero-order valence-corrected chi connectivity index (χ0v) is 23.7. The van der Waals surface area contributed by atoms with Crippen molar-refractivity contribution in [1.29, 1.82) is 0 Å². The standard InChI is InChI=1S/C34H35N3O5/c1-2-41-32(40)21-37-16-13-34(14-17-37)20-30(42-29-9-4-3-6-23(29)19-31(38)39)27-18-22(10-11-28(27)34)24-7-5-8-26-25(24)12-15-36-33(26)35/h3-12,15,18,30H,2,13-14,16-17,19-21H2,1H3,(H2,35,36)(H,38,39)/t30-/m1/s1. The van der Waals surface area contributed by atoms with Gasteiger partial charge in [-0.25, -0.2) is 4.98 Å². The molecule has 8 heteroatoms. The van der Waals surface area contributed by atoms with Crippen molar-refractivity contribution < 1.29 is 24.2 Å². The van der Waals surface area contributed by atoms with Gasteiger partial charge in [0.25, 0.3) is 0 Å². The number of ether oxygens (including phenoxy) is 2. The van der Waals surface area contributed by atoms with Gasteiger partial charge in [0.05, 0.1) is 19.6 Å². The predicted octanol–water partition coefficient (Wildman–Crippen LogP) is 5.53. The Morgan fingerprint density at radius 3 is 2.64 bits per heavy atom. The van der Waals surface area contributed by atoms with Crippen molar-refractivity contribution in [3.05, 3.63) is 89.6 Å². The van der Waals surface area contributed by atoms with Crippen molar-refractivity contribution in [2.24, 2.45) is 0 Å². The number of para-hydroxylation sites is 1. The maximum Gasteiger partial charge on any atom is 0.320 e. The predicted molar refractivity (Wildman–Crippen MR) is 161 cm³/mol. The van der Waals surface area contributed by atoms with Crippen molar-refractivity contribution in [1.82, 2.24) is 9.88 Å². The molecule has 0 amide bonds. The highest BCUT2D eigenvalue weighted by Crippen LogP contribution is 2.53. The van der Waals surface area contributed by atoms with Crippen molar-refractivity contribution in [3.8, 4) is 16.9 Å². The highest BCUT2D eigenvalue weighted by Gasteiger charge is 2.47. The quantitative estimate of drug-likeness (QED) is 0.268. The number of fused-ring (bicyclic) bond motifs is 3. The van der Waals surface area contributed by atoms with Crippen LogP contribution in [0.5, 0.6) is 5.75 Å². The SMILES string of the molecule is CCOC(=O)CN1CCC2(CC1)C[C@@H](Oc1ccccc1CC(=O)O)c1cc(-c3cccc4c(N)nccc34)ccc12. The number of nitrogens with two attached hydrogens (primary N) is 1. The molecule has 1 spiro atoms. The van der Waals surface area contributed by atoms with E-state index in [0.717, 1.165) is 59.8 Å². The highest BCUT2D eigenvalue weighted by molar-refractivity contribution is 6.01. The molecule has 4 aromatic rings. The van der Waals surface area contributed by atoms with Crippen molar-refractivity contribution >= 4 is 28.5 Å². The first-order chi connectivity index (χ1) is 20.4. The number of hydrogen-bond donors (Lipinski definition) is 2. The summed E-state index contributed by atoms with van der Waals surface area (Å²) in [5, 5.41) is 11.4. The number of hydrogen-bond acceptors (Lipinski definition) is 7. The third-order valence-electron chi connectivity index (χ3n) is 8.75. The second kappa shape index (κ2) is 11.4. The van der Waals surface area contributed by atoms with Crippen LogP contribution >= 0.6 is 0 Å². The number of likely N-dealkylation sites (tertiary alicyclic amines) is 1. The van der Waals surface area contributed by atoms with Crippen LogP contribution in [0.25, 0.3) is 21.9 Å². The molecule has 0 unspecified atom stereocenters. The molecular formula is C34H35N3O5. The first-order valence-electron chi connectivity index (χ1n) is 14.5. The molecule has 1 atom stereocenters. The normalized spacial score (nSPS) is 17.7. The molecule has 1 aromatic heterocycles. The molecular weight excluding hydrogens is 530 g/mol. The van der Waals surface area contributed by atoms with Gasteiger partial charge in [-0.05, 0) is 85.1 Å². The number of anilines is 1. The van der Waals surface area contributed by atoms with Gasteiger partial charge in [0.2, 0.25) is 0 Å². The third-order valence-corrected chi connectivity index (χ3v) is 8.75. The maximum absolute atomic E-state index is 12.1. The Balaban J connectivity index is 1.38. The summed E-state index contributed by atoms with van der Waals surface area (Å²) in [7, 11) is 0. The minimum Gasteiger partial charge on any atom is -0.485 e. The number of carboxylic acid groups (broad SMARTS) is 1. The molecule has 3 aromatic carbocycles. The van der Waals surface area contributed by atoms with Crippen LogP contribution in [0.4, 0.5) is 5.82 Å². The van der Waals surface area contributed by atoms with Gasteiger partial charge in [-0.3, -0.25) is 14.5 Å². The second-order valence-electron chi connectivity index (χ2n) is 11.2. The number of carbonyl (C=O) groups is 2. The molecule has 42 heavy (non-hydrogen) atoms. The molecule has 1 aliphatic heterocycles. The number of rotatable bonds is 8. The fraction of sp³-hybridized carbons (Fsp3) is 0.324. The van der Waals surface area contributed by atoms with Crippen LogP contribution in [0, 0.1) is 0 Å². The van der Waals surface area contributed by atoms with Crippen molar-refractivity contribution in [3.63, 3.8) is 0 Å². The maximum atomic E-state index is 12.1. The van der Waals surface area contributed by atoms with Crippen LogP contribution in [0.15, 0.2) is 72.9 Å². The van der Waals surface area contributed by atoms with E-state index in [4.69, 9.17) is 15.2 Å². The van der Waals surface area contributed by atoms with Gasteiger partial charge in [-0.15, -0.1) is 0 Å². The first-order valence-corrected chi connectivity index (χ1v) is 14.5. The third kappa shape index (κ3) is 5.30. The number of piperidine rings is 1. The second-order valence-corrected chi connectivity index (χ2v) is 11.2. The van der Waals surface area contributed by atoms with Gasteiger partial charge >= 0.3 is 11.9 Å². The minimum atomic E-state index is -0.893. The molecule has 1 aliphatic carbocycles. The fourth-order valence-electron chi connectivity index (χ4n) is 6.72. The van der Waals surface area contributed by atoms with E-state index < -0.39 is 5.97 Å². The lowest BCUT2D eigenvalue weighted by atomic mass is 9.73. The summed E-state index contributed by atoms with van der Waals surface area (Å²) in [4.78, 5) is 30.1. The summed E-state index contributed by atoms with van der Waals surface area (Å²) >= 11 is 0. The number of nitrogen functional groups attached to an aromatic ring is 1. The summed E-state index contributed by atoms with van der Waals surface area (Å²) in [5.74, 6) is 0.0183. The van der Waals surface area contributed by atoms with E-state index in [-0.39, 0.29) is 23.9 Å². The Kier molecular flexibility index (Phi) is 7.56. The molecule has 6 rings (SSSR count). The Morgan fingerprint density at radius 2 is 1.86 bits per heavy atom. The van der Waals surface area contributed by atoms with Gasteiger partial charge in [0.1, 0.15) is 17.7 Å². The Labute approximate surface area is 245 Å². The summed E-state index contributed by atoms with van der Waals surface area (Å²) in [5.41, 5.74) is 11.3. The lowest BCUT2D eigenvalue weighted by Gasteiger charge is -2.40. The smallest absolute Gasteiger partial charge is 0.320 e. The monoisotopic (exact) mass is 565 g/mol. The number of carbonyl (C=O) groups excluding carboxylic acids is 1. The number of pyridine rings is 1. The molecule has 2 heterocycles. The molecule has 3 N–H and O–H groups in total. The van der Waals surface area contributed by atoms with Crippen LogP contribution in [0.2, 0.25) is 0 Å². The molecule has 1 saturated heterocycles. The van der Waals surface area contributed by atoms with E-state index in [9.17, 15) is 14.7 Å². The van der Waals surface area contributed by atoms with E-state index in [2.05, 4.69) is 34.1 Å². The summed E-state index contributed by atoms with van der Waals surface area (Å²) in [6.07, 6.45) is 3.96. The van der Waals surface area contributed by atoms with Gasteiger partial charge in [0.15, 0.2) is 0 Å². The number of benzene rings is 3. The van der Waals surface area contributed by atoms with Gasteiger partial charge < -0.3 is 20.3 Å². The minimum absolute atomic E-state index is 0.0987. The van der Waals surface area contributed by atoms with Crippen LogP contribution in [-0.4, -0.2) is 53.2 Å². The van der Waals surface area contributed by atoms with Gasteiger partial charge in [-0.1, -0.05) is 48.5 Å². The van der Waals surface area contributed by atoms with E-state index in [0.29, 0.717) is 30.3 Å². The summed E-state index contributed by atoms with van der Waals surface area (Å²) < 4.78 is 11.9. The number of aliphatic carboxylic acids is 1. The van der Waals surface area contributed by atoms with E-state index >= 15 is 0 Å². The van der Waals surface area contributed by atoms with E-state index in [1.165, 1.54) is 5.56 Å². The number of aromatic nitrogens is 1. The molecule has 1 fully saturated rings. The largest absolute Gasteiger partial charge is 0.485 e. The lowest BCUT2D eigenvalue weighted by Crippen LogP contribution is -2.44. The van der Waals surface area contributed by atoms with Gasteiger partial charge in [-0.2, -0.15) is 0 Å². The van der Waals surface area contributed by atoms with Crippen LogP contribution in [0.1, 0.15) is 49.0 Å². The Hall–Kier alpha value is -4.43. The topological polar surface area (TPSA) is 115 Å². The summed E-state index contributed by atoms with van der Waals surface area (Å²) in [6.45, 7) is 4.09. The van der Waals surface area contributed by atoms with Crippen molar-refractivity contribution in [2.45, 2.75) is 44.1 Å². The van der Waals surface area contributed by atoms with Crippen LogP contribution in [-0.2, 0) is 26.2 Å². The van der Waals surface area contributed by atoms with Gasteiger partial charge in [0, 0.05) is 22.6 Å². The van der Waals surface area contributed by atoms with Crippen LogP contribution < -0.4 is 10.5 Å². The zero-order valence-electron chi connectivity index (χ0n) is 23.7. The number of carboxylic acids is 1. The lowest BCUT2D eigenvalue weighted by molar-refractivity contribution is -0.145. The molecule has 0 radical (unpaired) electrons. The van der Waals surface area contributed by atoms with E-state index in [1.54, 1.807) is 6.20 Å². The molecule has 216 valence electrons. The van der Waals surface area contributed by atoms with E-state index in [1.807, 2.05) is 49.4 Å². The van der Waals surface area contributed by atoms with Crippen molar-refractivity contribution in [2.75, 3.05) is 32.0 Å². The summed E-state index contributed by atoms with van der Waals surface area (Å²) in [6, 6.07) is 22.1. The molecule has 0 bridgehead atoms. The first kappa shape index (κ1) is 27.7. The Morgan fingerprint density at radius 1 is 1.05 bits per heavy atom. The average molecular weight is 566 g/mol. The highest BCUT2D eigenvalue weighted by atomic mass is 16.5. The number of esters is 1. The average Bonchev–Trinajstić information content (AvgIpc) is 3.27. The zero-order chi connectivity index (χ0) is 29.3. The fourth-order valence-corrected chi connectivity index (χ4v) is 6.72. The molecule has 8 nitrogen and oxygen atoms in total. The Bertz CT molecular complexity index is 1640. The molecule has 0 saturated carbocycles. The molecule has 2 aliphatic rings. The number of nitrogens with zero attached hydrogens (tertiary/aromatic N) is 2.